The van der Waals surface area contributed by atoms with Crippen molar-refractivity contribution in [1.82, 2.24) is 5.32 Å². The van der Waals surface area contributed by atoms with Gasteiger partial charge in [-0.2, -0.15) is 0 Å². The minimum Gasteiger partial charge on any atom is -0.480 e. The third-order valence-electron chi connectivity index (χ3n) is 8.83. The summed E-state index contributed by atoms with van der Waals surface area (Å²) in [6.07, 6.45) is 35.4. The molecule has 4 N–H and O–H groups in total. The van der Waals surface area contributed by atoms with Crippen molar-refractivity contribution in [1.29, 1.82) is 0 Å². The third kappa shape index (κ3) is 30.7. The number of nitrogens with two attached hydrogens (primary N) is 1. The number of unbranched alkanes of at least 4 members (excludes halogenated alkanes) is 19. The average Bonchev–Trinajstić information content (AvgIpc) is 3.03. The molecule has 0 rings (SSSR count). The van der Waals surface area contributed by atoms with Crippen molar-refractivity contribution in [2.24, 2.45) is 5.73 Å². The summed E-state index contributed by atoms with van der Waals surface area (Å²) in [6, 6.07) is -0.852. The SMILES string of the molecule is CCCCCCC/C=C\CCCCCCCC(=O)OC(CCCCCCCC)CCCCCCCC(=O)NC(CCCN)C(=O)O. The topological polar surface area (TPSA) is 119 Å². The van der Waals surface area contributed by atoms with Gasteiger partial charge in [-0.1, -0.05) is 122 Å². The second kappa shape index (κ2) is 34.4. The first-order valence-corrected chi connectivity index (χ1v) is 19.5. The Balaban J connectivity index is 4.16. The van der Waals surface area contributed by atoms with Crippen LogP contribution in [0.5, 0.6) is 0 Å². The average molecular weight is 651 g/mol. The number of carboxylic acids is 1. The summed E-state index contributed by atoms with van der Waals surface area (Å²) in [6.45, 7) is 4.91. The van der Waals surface area contributed by atoms with E-state index in [0.29, 0.717) is 32.2 Å². The molecular weight excluding hydrogens is 576 g/mol. The molecule has 0 radical (unpaired) electrons. The minimum atomic E-state index is -1.00. The van der Waals surface area contributed by atoms with Gasteiger partial charge in [0.05, 0.1) is 0 Å². The van der Waals surface area contributed by atoms with E-state index in [9.17, 15) is 19.5 Å². The number of allylic oxidation sites excluding steroid dienone is 2. The van der Waals surface area contributed by atoms with Crippen molar-refractivity contribution in [3.8, 4) is 0 Å². The summed E-state index contributed by atoms with van der Waals surface area (Å²) < 4.78 is 5.98. The van der Waals surface area contributed by atoms with E-state index in [2.05, 4.69) is 31.3 Å². The number of nitrogens with one attached hydrogen (secondary N) is 1. The van der Waals surface area contributed by atoms with Crippen molar-refractivity contribution in [2.75, 3.05) is 6.54 Å². The number of hydrogen-bond acceptors (Lipinski definition) is 5. The molecule has 0 aromatic heterocycles. The van der Waals surface area contributed by atoms with Crippen LogP contribution in [-0.2, 0) is 19.1 Å². The molecule has 0 saturated heterocycles. The Kier molecular flexibility index (Phi) is 33.0. The first-order valence-electron chi connectivity index (χ1n) is 19.5. The van der Waals surface area contributed by atoms with Crippen molar-refractivity contribution in [3.63, 3.8) is 0 Å². The lowest BCUT2D eigenvalue weighted by molar-refractivity contribution is -0.150. The molecule has 0 aliphatic heterocycles. The highest BCUT2D eigenvalue weighted by molar-refractivity contribution is 5.83. The van der Waals surface area contributed by atoms with E-state index < -0.39 is 12.0 Å². The third-order valence-corrected chi connectivity index (χ3v) is 8.83. The predicted molar refractivity (Wildman–Crippen MR) is 193 cm³/mol. The minimum absolute atomic E-state index is 0.0179. The Morgan fingerprint density at radius 2 is 1.07 bits per heavy atom. The van der Waals surface area contributed by atoms with Crippen LogP contribution >= 0.6 is 0 Å². The molecular formula is C39H74N2O5. The molecule has 1 amide bonds. The largest absolute Gasteiger partial charge is 0.480 e. The van der Waals surface area contributed by atoms with E-state index in [4.69, 9.17) is 10.5 Å². The monoisotopic (exact) mass is 651 g/mol. The molecule has 0 bridgehead atoms. The lowest BCUT2D eigenvalue weighted by atomic mass is 10.0. The first kappa shape index (κ1) is 44.1. The summed E-state index contributed by atoms with van der Waals surface area (Å²) in [5, 5.41) is 11.9. The predicted octanol–water partition coefficient (Wildman–Crippen LogP) is 10.3. The molecule has 46 heavy (non-hydrogen) atoms. The van der Waals surface area contributed by atoms with Gasteiger partial charge in [-0.15, -0.1) is 0 Å². The van der Waals surface area contributed by atoms with E-state index >= 15 is 0 Å². The number of aliphatic carboxylic acids is 1. The number of amides is 1. The van der Waals surface area contributed by atoms with Crippen LogP contribution in [-0.4, -0.2) is 41.6 Å². The fourth-order valence-corrected chi connectivity index (χ4v) is 5.86. The number of hydrogen-bond donors (Lipinski definition) is 3. The zero-order chi connectivity index (χ0) is 33.9. The van der Waals surface area contributed by atoms with Crippen LogP contribution in [0.15, 0.2) is 12.2 Å². The Morgan fingerprint density at radius 1 is 0.609 bits per heavy atom. The van der Waals surface area contributed by atoms with Crippen LogP contribution in [0.4, 0.5) is 0 Å². The summed E-state index contributed by atoms with van der Waals surface area (Å²) in [5.41, 5.74) is 5.46. The molecule has 2 atom stereocenters. The van der Waals surface area contributed by atoms with Crippen LogP contribution in [0.25, 0.3) is 0 Å². The maximum atomic E-state index is 12.6. The second-order valence-corrected chi connectivity index (χ2v) is 13.3. The number of carboxylic acid groups (broad SMARTS) is 1. The molecule has 0 heterocycles. The highest BCUT2D eigenvalue weighted by atomic mass is 16.5. The fraction of sp³-hybridized carbons (Fsp3) is 0.872. The molecule has 0 aromatic rings. The summed E-state index contributed by atoms with van der Waals surface area (Å²) in [7, 11) is 0. The maximum absolute atomic E-state index is 12.6. The number of ether oxygens (including phenoxy) is 1. The molecule has 270 valence electrons. The highest BCUT2D eigenvalue weighted by Gasteiger charge is 2.19. The lowest BCUT2D eigenvalue weighted by Crippen LogP contribution is -2.40. The van der Waals surface area contributed by atoms with Gasteiger partial charge in [0.2, 0.25) is 5.91 Å². The zero-order valence-corrected chi connectivity index (χ0v) is 30.2. The molecule has 0 aliphatic carbocycles. The summed E-state index contributed by atoms with van der Waals surface area (Å²) >= 11 is 0. The van der Waals surface area contributed by atoms with Crippen LogP contribution in [0.3, 0.4) is 0 Å². The maximum Gasteiger partial charge on any atom is 0.326 e. The highest BCUT2D eigenvalue weighted by Crippen LogP contribution is 2.18. The van der Waals surface area contributed by atoms with Crippen LogP contribution < -0.4 is 11.1 Å². The van der Waals surface area contributed by atoms with Gasteiger partial charge in [-0.05, 0) is 83.6 Å². The normalized spacial score (nSPS) is 12.8. The standard InChI is InChI=1S/C39H74N2O5/c1-3-5-7-9-11-12-13-14-15-16-17-18-23-27-33-38(43)46-35(29-24-20-10-8-6-4-2)30-25-21-19-22-26-32-37(42)41-36(39(44)45)31-28-34-40/h13-14,35-36H,3-12,15-34,40H2,1-2H3,(H,41,42)(H,44,45)/b14-13-. The molecule has 7 nitrogen and oxygen atoms in total. The van der Waals surface area contributed by atoms with Crippen molar-refractivity contribution in [2.45, 2.75) is 212 Å². The van der Waals surface area contributed by atoms with Gasteiger partial charge < -0.3 is 20.9 Å². The molecule has 0 aromatic carbocycles. The number of carbonyl (C=O) groups is 3. The summed E-state index contributed by atoms with van der Waals surface area (Å²) in [5.74, 6) is -1.24. The molecule has 2 unspecified atom stereocenters. The summed E-state index contributed by atoms with van der Waals surface area (Å²) in [4.78, 5) is 36.1. The van der Waals surface area contributed by atoms with Gasteiger partial charge in [-0.25, -0.2) is 4.79 Å². The first-order chi connectivity index (χ1) is 22.4. The van der Waals surface area contributed by atoms with Gasteiger partial charge >= 0.3 is 11.9 Å². The molecule has 0 aliphatic rings. The van der Waals surface area contributed by atoms with Gasteiger partial charge in [0.25, 0.3) is 0 Å². The second-order valence-electron chi connectivity index (χ2n) is 13.3. The molecule has 0 fully saturated rings. The van der Waals surface area contributed by atoms with E-state index in [1.807, 2.05) is 0 Å². The lowest BCUT2D eigenvalue weighted by Gasteiger charge is -2.18. The van der Waals surface area contributed by atoms with E-state index in [1.54, 1.807) is 0 Å². The van der Waals surface area contributed by atoms with E-state index in [-0.39, 0.29) is 18.0 Å². The molecule has 7 heteroatoms. The Morgan fingerprint density at radius 3 is 1.57 bits per heavy atom. The van der Waals surface area contributed by atoms with Gasteiger partial charge in [0, 0.05) is 12.8 Å². The smallest absolute Gasteiger partial charge is 0.326 e. The van der Waals surface area contributed by atoms with Crippen molar-refractivity contribution < 1.29 is 24.2 Å². The quantitative estimate of drug-likeness (QED) is 0.0357. The molecule has 0 spiro atoms. The van der Waals surface area contributed by atoms with E-state index in [0.717, 1.165) is 64.2 Å². The van der Waals surface area contributed by atoms with Crippen LogP contribution in [0, 0.1) is 0 Å². The number of rotatable bonds is 35. The van der Waals surface area contributed by atoms with Crippen molar-refractivity contribution >= 4 is 17.8 Å². The Hall–Kier alpha value is -1.89. The van der Waals surface area contributed by atoms with Gasteiger partial charge in [0.15, 0.2) is 0 Å². The molecule has 0 saturated carbocycles. The fourth-order valence-electron chi connectivity index (χ4n) is 5.86. The Bertz CT molecular complexity index is 742. The number of esters is 1. The van der Waals surface area contributed by atoms with Gasteiger partial charge in [0.1, 0.15) is 12.1 Å². The number of carbonyl (C=O) groups excluding carboxylic acids is 2. The Labute approximate surface area is 283 Å². The van der Waals surface area contributed by atoms with Gasteiger partial charge in [-0.3, -0.25) is 9.59 Å². The van der Waals surface area contributed by atoms with Crippen LogP contribution in [0.1, 0.15) is 200 Å². The van der Waals surface area contributed by atoms with E-state index in [1.165, 1.54) is 96.3 Å². The van der Waals surface area contributed by atoms with Crippen molar-refractivity contribution in [3.05, 3.63) is 12.2 Å². The van der Waals surface area contributed by atoms with Crippen LogP contribution in [0.2, 0.25) is 0 Å². The zero-order valence-electron chi connectivity index (χ0n) is 30.2.